The number of rotatable bonds is 15. The van der Waals surface area contributed by atoms with Crippen LogP contribution in [0.2, 0.25) is 0 Å². The molecule has 0 rings (SSSR count). The van der Waals surface area contributed by atoms with Crippen molar-refractivity contribution in [1.82, 2.24) is 0 Å². The van der Waals surface area contributed by atoms with E-state index in [9.17, 15) is 9.59 Å². The molecule has 0 bridgehead atoms. The Morgan fingerprint density at radius 2 is 1.50 bits per heavy atom. The normalized spacial score (nSPS) is 12.1. The Balaban J connectivity index is 3.43. The van der Waals surface area contributed by atoms with Crippen LogP contribution in [0.4, 0.5) is 0 Å². The van der Waals surface area contributed by atoms with Crippen LogP contribution >= 0.6 is 0 Å². The lowest BCUT2D eigenvalue weighted by Gasteiger charge is -2.14. The SMILES string of the molecule is CCCC[C@H](CC)COC(=O)CCCCCCCCC(=O)O. The lowest BCUT2D eigenvalue weighted by Crippen LogP contribution is -2.13. The van der Waals surface area contributed by atoms with Crippen molar-refractivity contribution in [1.29, 1.82) is 0 Å². The molecule has 0 saturated heterocycles. The van der Waals surface area contributed by atoms with Crippen molar-refractivity contribution < 1.29 is 19.4 Å². The Morgan fingerprint density at radius 3 is 2.05 bits per heavy atom. The first-order chi connectivity index (χ1) is 10.6. The second-order valence-corrected chi connectivity index (χ2v) is 6.11. The number of carbonyl (C=O) groups is 2. The minimum atomic E-state index is -0.716. The van der Waals surface area contributed by atoms with E-state index in [0.29, 0.717) is 18.9 Å². The molecule has 0 radical (unpaired) electrons. The van der Waals surface area contributed by atoms with E-state index in [2.05, 4.69) is 13.8 Å². The van der Waals surface area contributed by atoms with E-state index < -0.39 is 5.97 Å². The highest BCUT2D eigenvalue weighted by atomic mass is 16.5. The van der Waals surface area contributed by atoms with Crippen molar-refractivity contribution in [3.63, 3.8) is 0 Å². The van der Waals surface area contributed by atoms with Gasteiger partial charge in [-0.3, -0.25) is 9.59 Å². The fraction of sp³-hybridized carbons (Fsp3) is 0.889. The van der Waals surface area contributed by atoms with Gasteiger partial charge in [0.05, 0.1) is 6.61 Å². The molecule has 1 atom stereocenters. The van der Waals surface area contributed by atoms with Crippen LogP contribution in [-0.4, -0.2) is 23.7 Å². The van der Waals surface area contributed by atoms with E-state index in [-0.39, 0.29) is 12.4 Å². The zero-order valence-electron chi connectivity index (χ0n) is 14.4. The molecule has 1 N–H and O–H groups in total. The maximum atomic E-state index is 11.7. The highest BCUT2D eigenvalue weighted by Crippen LogP contribution is 2.14. The standard InChI is InChI=1S/C18H34O4/c1-3-5-12-16(4-2)15-22-18(21)14-11-9-7-6-8-10-13-17(19)20/h16H,3-15H2,1-2H3,(H,19,20)/t16-/m0/s1. The van der Waals surface area contributed by atoms with Gasteiger partial charge in [0.1, 0.15) is 0 Å². The number of hydrogen-bond acceptors (Lipinski definition) is 3. The van der Waals surface area contributed by atoms with Crippen LogP contribution in [-0.2, 0) is 14.3 Å². The first-order valence-corrected chi connectivity index (χ1v) is 8.97. The van der Waals surface area contributed by atoms with Gasteiger partial charge in [0.15, 0.2) is 0 Å². The molecule has 0 aromatic rings. The maximum Gasteiger partial charge on any atom is 0.305 e. The third-order valence-corrected chi connectivity index (χ3v) is 4.04. The maximum absolute atomic E-state index is 11.7. The van der Waals surface area contributed by atoms with Crippen molar-refractivity contribution in [2.24, 2.45) is 5.92 Å². The van der Waals surface area contributed by atoms with Crippen LogP contribution in [0.25, 0.3) is 0 Å². The van der Waals surface area contributed by atoms with Gasteiger partial charge in [0, 0.05) is 12.8 Å². The molecule has 0 aliphatic rings. The summed E-state index contributed by atoms with van der Waals surface area (Å²) < 4.78 is 5.36. The molecule has 4 nitrogen and oxygen atoms in total. The van der Waals surface area contributed by atoms with E-state index in [1.54, 1.807) is 0 Å². The van der Waals surface area contributed by atoms with Crippen molar-refractivity contribution in [2.45, 2.75) is 90.9 Å². The second-order valence-electron chi connectivity index (χ2n) is 6.11. The minimum Gasteiger partial charge on any atom is -0.481 e. The average Bonchev–Trinajstić information content (AvgIpc) is 2.49. The van der Waals surface area contributed by atoms with Gasteiger partial charge in [0.25, 0.3) is 0 Å². The monoisotopic (exact) mass is 314 g/mol. The summed E-state index contributed by atoms with van der Waals surface area (Å²) in [5, 5.41) is 8.52. The van der Waals surface area contributed by atoms with Gasteiger partial charge < -0.3 is 9.84 Å². The highest BCUT2D eigenvalue weighted by molar-refractivity contribution is 5.69. The van der Waals surface area contributed by atoms with Gasteiger partial charge >= 0.3 is 11.9 Å². The molecule has 4 heteroatoms. The molecule has 0 heterocycles. The second kappa shape index (κ2) is 14.9. The predicted octanol–water partition coefficient (Wildman–Crippen LogP) is 4.95. The van der Waals surface area contributed by atoms with Gasteiger partial charge in [-0.15, -0.1) is 0 Å². The lowest BCUT2D eigenvalue weighted by atomic mass is 10.0. The molecule has 0 saturated carbocycles. The number of carboxylic acid groups (broad SMARTS) is 1. The molecule has 0 spiro atoms. The van der Waals surface area contributed by atoms with E-state index in [1.807, 2.05) is 0 Å². The molecule has 0 aliphatic carbocycles. The smallest absolute Gasteiger partial charge is 0.305 e. The summed E-state index contributed by atoms with van der Waals surface area (Å²) >= 11 is 0. The Bertz CT molecular complexity index is 289. The first kappa shape index (κ1) is 20.9. The third-order valence-electron chi connectivity index (χ3n) is 4.04. The van der Waals surface area contributed by atoms with Crippen molar-refractivity contribution in [3.8, 4) is 0 Å². The summed E-state index contributed by atoms with van der Waals surface area (Å²) in [6.07, 6.45) is 11.1. The van der Waals surface area contributed by atoms with Gasteiger partial charge in [0.2, 0.25) is 0 Å². The van der Waals surface area contributed by atoms with Gasteiger partial charge in [-0.2, -0.15) is 0 Å². The molecule has 22 heavy (non-hydrogen) atoms. The van der Waals surface area contributed by atoms with E-state index in [1.165, 1.54) is 12.8 Å². The number of ether oxygens (including phenoxy) is 1. The van der Waals surface area contributed by atoms with Crippen LogP contribution in [0.15, 0.2) is 0 Å². The van der Waals surface area contributed by atoms with Gasteiger partial charge in [-0.1, -0.05) is 58.8 Å². The zero-order chi connectivity index (χ0) is 16.6. The predicted molar refractivity (Wildman–Crippen MR) is 88.8 cm³/mol. The summed E-state index contributed by atoms with van der Waals surface area (Å²) in [4.78, 5) is 22.0. The van der Waals surface area contributed by atoms with Crippen LogP contribution in [0.1, 0.15) is 90.9 Å². The number of unbranched alkanes of at least 4 members (excludes halogenated alkanes) is 6. The number of hydrogen-bond donors (Lipinski definition) is 1. The van der Waals surface area contributed by atoms with E-state index in [0.717, 1.165) is 51.4 Å². The van der Waals surface area contributed by atoms with Gasteiger partial charge in [-0.25, -0.2) is 0 Å². The molecular weight excluding hydrogens is 280 g/mol. The lowest BCUT2D eigenvalue weighted by molar-refractivity contribution is -0.145. The third kappa shape index (κ3) is 13.9. The van der Waals surface area contributed by atoms with Crippen LogP contribution in [0.3, 0.4) is 0 Å². The Morgan fingerprint density at radius 1 is 0.909 bits per heavy atom. The zero-order valence-corrected chi connectivity index (χ0v) is 14.4. The largest absolute Gasteiger partial charge is 0.481 e. The minimum absolute atomic E-state index is 0.0687. The number of aliphatic carboxylic acids is 1. The summed E-state index contributed by atoms with van der Waals surface area (Å²) in [6.45, 7) is 4.91. The van der Waals surface area contributed by atoms with Crippen molar-refractivity contribution in [3.05, 3.63) is 0 Å². The van der Waals surface area contributed by atoms with Crippen LogP contribution in [0, 0.1) is 5.92 Å². The summed E-state index contributed by atoms with van der Waals surface area (Å²) in [6, 6.07) is 0. The molecule has 0 aromatic carbocycles. The van der Waals surface area contributed by atoms with E-state index in [4.69, 9.17) is 9.84 Å². The fourth-order valence-corrected chi connectivity index (χ4v) is 2.43. The van der Waals surface area contributed by atoms with Crippen LogP contribution in [0.5, 0.6) is 0 Å². The average molecular weight is 314 g/mol. The number of carbonyl (C=O) groups excluding carboxylic acids is 1. The van der Waals surface area contributed by atoms with Gasteiger partial charge in [-0.05, 0) is 25.2 Å². The number of carboxylic acids is 1. The quantitative estimate of drug-likeness (QED) is 0.343. The topological polar surface area (TPSA) is 63.6 Å². The molecular formula is C18H34O4. The van der Waals surface area contributed by atoms with Crippen molar-refractivity contribution >= 4 is 11.9 Å². The van der Waals surface area contributed by atoms with Crippen molar-refractivity contribution in [2.75, 3.05) is 6.61 Å². The Hall–Kier alpha value is -1.06. The Labute approximate surface area is 135 Å². The fourth-order valence-electron chi connectivity index (χ4n) is 2.43. The van der Waals surface area contributed by atoms with E-state index >= 15 is 0 Å². The number of esters is 1. The summed E-state index contributed by atoms with van der Waals surface area (Å²) in [5.74, 6) is -0.272. The molecule has 0 aliphatic heterocycles. The first-order valence-electron chi connectivity index (χ1n) is 8.97. The molecule has 0 unspecified atom stereocenters. The molecule has 0 fully saturated rings. The summed E-state index contributed by atoms with van der Waals surface area (Å²) in [7, 11) is 0. The molecule has 130 valence electrons. The molecule has 0 aromatic heterocycles. The summed E-state index contributed by atoms with van der Waals surface area (Å²) in [5.41, 5.74) is 0. The highest BCUT2D eigenvalue weighted by Gasteiger charge is 2.09. The Kier molecular flexibility index (Phi) is 14.1. The molecule has 0 amide bonds. The van der Waals surface area contributed by atoms with Crippen LogP contribution < -0.4 is 0 Å².